The summed E-state index contributed by atoms with van der Waals surface area (Å²) in [4.78, 5) is 48.7. The molecule has 0 saturated heterocycles. The Morgan fingerprint density at radius 1 is 0.956 bits per heavy atom. The van der Waals surface area contributed by atoms with Crippen molar-refractivity contribution in [2.75, 3.05) is 6.61 Å². The van der Waals surface area contributed by atoms with Crippen LogP contribution in [-0.4, -0.2) is 45.4 Å². The van der Waals surface area contributed by atoms with Crippen molar-refractivity contribution in [1.82, 2.24) is 15.3 Å². The highest BCUT2D eigenvalue weighted by atomic mass is 32.1. The van der Waals surface area contributed by atoms with E-state index in [9.17, 15) is 19.5 Å². The second kappa shape index (κ2) is 14.6. The smallest absolute Gasteiger partial charge is 0.325 e. The van der Waals surface area contributed by atoms with E-state index in [4.69, 9.17) is 4.74 Å². The zero-order valence-electron chi connectivity index (χ0n) is 26.7. The quantitative estimate of drug-likeness (QED) is 0.150. The van der Waals surface area contributed by atoms with Gasteiger partial charge in [0.1, 0.15) is 11.8 Å². The van der Waals surface area contributed by atoms with E-state index in [1.807, 2.05) is 49.4 Å². The van der Waals surface area contributed by atoms with Crippen LogP contribution in [0, 0.1) is 12.8 Å². The van der Waals surface area contributed by atoms with Gasteiger partial charge in [0.15, 0.2) is 11.6 Å². The zero-order chi connectivity index (χ0) is 32.7. The number of Topliss-reactive ketones (excluding diaryl/α,β-unsaturated/α-hetero) is 1. The average Bonchev–Trinajstić information content (AvgIpc) is 3.52. The topological polar surface area (TPSA) is 118 Å². The highest BCUT2D eigenvalue weighted by molar-refractivity contribution is 7.14. The number of amides is 1. The van der Waals surface area contributed by atoms with E-state index in [0.717, 1.165) is 44.9 Å². The molecule has 0 saturated carbocycles. The van der Waals surface area contributed by atoms with Gasteiger partial charge in [0.05, 0.1) is 11.5 Å². The summed E-state index contributed by atoms with van der Waals surface area (Å²) in [7, 11) is 0. The fourth-order valence-corrected chi connectivity index (χ4v) is 5.78. The first-order chi connectivity index (χ1) is 21.3. The molecule has 2 aromatic heterocycles. The highest BCUT2D eigenvalue weighted by Gasteiger charge is 2.27. The molecule has 4 aromatic rings. The number of aromatic nitrogens is 2. The van der Waals surface area contributed by atoms with Crippen LogP contribution in [0.3, 0.4) is 0 Å². The van der Waals surface area contributed by atoms with E-state index in [0.29, 0.717) is 17.3 Å². The van der Waals surface area contributed by atoms with Crippen molar-refractivity contribution in [1.29, 1.82) is 0 Å². The van der Waals surface area contributed by atoms with E-state index in [1.165, 1.54) is 18.3 Å². The van der Waals surface area contributed by atoms with Gasteiger partial charge < -0.3 is 15.2 Å². The average molecular weight is 628 g/mol. The molecule has 45 heavy (non-hydrogen) atoms. The number of hydrogen-bond donors (Lipinski definition) is 2. The number of aryl methyl sites for hydroxylation is 1. The van der Waals surface area contributed by atoms with Gasteiger partial charge in [-0.05, 0) is 73.1 Å². The number of nitrogens with zero attached hydrogens (tertiary/aromatic N) is 2. The van der Waals surface area contributed by atoms with Crippen molar-refractivity contribution in [2.45, 2.75) is 72.3 Å². The first-order valence-electron chi connectivity index (χ1n) is 15.2. The van der Waals surface area contributed by atoms with Crippen molar-refractivity contribution in [2.24, 2.45) is 5.92 Å². The van der Waals surface area contributed by atoms with Crippen LogP contribution in [0.25, 0.3) is 22.5 Å². The third kappa shape index (κ3) is 8.85. The summed E-state index contributed by atoms with van der Waals surface area (Å²) in [6.07, 6.45) is 4.79. The number of carbonyl (C=O) groups excluding carboxylic acids is 2. The van der Waals surface area contributed by atoms with E-state index in [1.54, 1.807) is 18.5 Å². The highest BCUT2D eigenvalue weighted by Crippen LogP contribution is 2.31. The van der Waals surface area contributed by atoms with Crippen molar-refractivity contribution >= 4 is 29.0 Å². The van der Waals surface area contributed by atoms with Crippen LogP contribution in [0.2, 0.25) is 0 Å². The van der Waals surface area contributed by atoms with E-state index in [-0.39, 0.29) is 24.0 Å². The number of ketones is 1. The van der Waals surface area contributed by atoms with Gasteiger partial charge in [0, 0.05) is 40.7 Å². The molecule has 2 N–H and O–H groups in total. The summed E-state index contributed by atoms with van der Waals surface area (Å²) in [5.41, 5.74) is 4.53. The molecular weight excluding hydrogens is 586 g/mol. The van der Waals surface area contributed by atoms with Gasteiger partial charge >= 0.3 is 5.97 Å². The molecule has 2 heterocycles. The number of rotatable bonds is 13. The number of thiophene rings is 1. The van der Waals surface area contributed by atoms with E-state index < -0.39 is 23.8 Å². The number of hydrogen-bond acceptors (Lipinski definition) is 7. The second-order valence-electron chi connectivity index (χ2n) is 12.3. The Bertz CT molecular complexity index is 1640. The second-order valence-corrected chi connectivity index (χ2v) is 13.4. The van der Waals surface area contributed by atoms with Crippen LogP contribution in [0.4, 0.5) is 0 Å². The molecule has 236 valence electrons. The molecule has 0 aliphatic heterocycles. The lowest BCUT2D eigenvalue weighted by molar-refractivity contribution is -0.141. The maximum absolute atomic E-state index is 13.2. The number of benzene rings is 2. The molecule has 0 fully saturated rings. The van der Waals surface area contributed by atoms with Gasteiger partial charge in [0.2, 0.25) is 5.91 Å². The Labute approximate surface area is 268 Å². The van der Waals surface area contributed by atoms with Crippen LogP contribution in [0.15, 0.2) is 67.0 Å². The molecule has 0 aliphatic carbocycles. The van der Waals surface area contributed by atoms with Crippen LogP contribution < -0.4 is 10.1 Å². The molecule has 4 rings (SSSR count). The molecule has 0 bridgehead atoms. The molecule has 9 heteroatoms. The lowest BCUT2D eigenvalue weighted by atomic mass is 9.92. The minimum absolute atomic E-state index is 0.0280. The summed E-state index contributed by atoms with van der Waals surface area (Å²) in [6, 6.07) is 16.3. The number of ether oxygens (including phenoxy) is 1. The van der Waals surface area contributed by atoms with Gasteiger partial charge in [-0.25, -0.2) is 9.97 Å². The zero-order valence-corrected chi connectivity index (χ0v) is 27.5. The summed E-state index contributed by atoms with van der Waals surface area (Å²) < 4.78 is 5.78. The maximum atomic E-state index is 13.2. The standard InChI is InChI=1S/C36H41N3O5S/c1-7-16-44-30-13-12-26(17-22(30)2)28-20-37-33(38-21-28)25-10-8-24(9-11-25)18-27(34(41)39-23(3)35(42)43)19-29(40)31-14-15-32(45-31)36(4,5)6/h8-15,17,20-21,23,27H,7,16,18-19H2,1-6H3,(H,39,41)(H,42,43)/t23-,27-/m1/s1. The van der Waals surface area contributed by atoms with Crippen LogP contribution in [-0.2, 0) is 21.4 Å². The molecule has 2 aromatic carbocycles. The van der Waals surface area contributed by atoms with Crippen molar-refractivity contribution in [3.63, 3.8) is 0 Å². The lowest BCUT2D eigenvalue weighted by Crippen LogP contribution is -2.42. The summed E-state index contributed by atoms with van der Waals surface area (Å²) in [5, 5.41) is 11.9. The summed E-state index contributed by atoms with van der Waals surface area (Å²) >= 11 is 1.43. The number of carbonyl (C=O) groups is 3. The van der Waals surface area contributed by atoms with Crippen molar-refractivity contribution in [3.05, 3.63) is 87.9 Å². The number of carboxylic acids is 1. The van der Waals surface area contributed by atoms with Gasteiger partial charge in [-0.2, -0.15) is 0 Å². The lowest BCUT2D eigenvalue weighted by Gasteiger charge is -2.18. The fourth-order valence-electron chi connectivity index (χ4n) is 4.77. The predicted octanol–water partition coefficient (Wildman–Crippen LogP) is 7.29. The molecule has 8 nitrogen and oxygen atoms in total. The SMILES string of the molecule is CCCOc1ccc(-c2cnc(-c3ccc(C[C@H](CC(=O)c4ccc(C(C)(C)C)s4)C(=O)N[C@H](C)C(=O)O)cc3)nc2)cc1C. The van der Waals surface area contributed by atoms with Crippen LogP contribution >= 0.6 is 11.3 Å². The molecule has 0 radical (unpaired) electrons. The van der Waals surface area contributed by atoms with Crippen molar-refractivity contribution < 1.29 is 24.2 Å². The molecule has 2 atom stereocenters. The predicted molar refractivity (Wildman–Crippen MR) is 178 cm³/mol. The Balaban J connectivity index is 1.48. The molecular formula is C36H41N3O5S. The fraction of sp³-hybridized carbons (Fsp3) is 0.361. The molecule has 0 unspecified atom stereocenters. The number of nitrogens with one attached hydrogen (secondary N) is 1. The maximum Gasteiger partial charge on any atom is 0.325 e. The molecule has 1 amide bonds. The normalized spacial score (nSPS) is 12.8. The van der Waals surface area contributed by atoms with Gasteiger partial charge in [-0.3, -0.25) is 14.4 Å². The summed E-state index contributed by atoms with van der Waals surface area (Å²) in [5.74, 6) is -1.03. The van der Waals surface area contributed by atoms with E-state index in [2.05, 4.69) is 49.0 Å². The Morgan fingerprint density at radius 3 is 2.20 bits per heavy atom. The first-order valence-corrected chi connectivity index (χ1v) is 16.0. The van der Waals surface area contributed by atoms with Crippen LogP contribution in [0.1, 0.15) is 73.1 Å². The van der Waals surface area contributed by atoms with E-state index >= 15 is 0 Å². The Hall–Kier alpha value is -4.37. The number of carboxylic acid groups (broad SMARTS) is 1. The van der Waals surface area contributed by atoms with Gasteiger partial charge in [0.25, 0.3) is 0 Å². The summed E-state index contributed by atoms with van der Waals surface area (Å²) in [6.45, 7) is 12.4. The Kier molecular flexibility index (Phi) is 10.9. The van der Waals surface area contributed by atoms with Gasteiger partial charge in [-0.15, -0.1) is 11.3 Å². The third-order valence-corrected chi connectivity index (χ3v) is 9.02. The minimum atomic E-state index is -1.13. The third-order valence-electron chi connectivity index (χ3n) is 7.47. The van der Waals surface area contributed by atoms with Crippen LogP contribution in [0.5, 0.6) is 5.75 Å². The molecule has 0 spiro atoms. The first kappa shape index (κ1) is 33.5. The minimum Gasteiger partial charge on any atom is -0.493 e. The largest absolute Gasteiger partial charge is 0.493 e. The Morgan fingerprint density at radius 2 is 1.62 bits per heavy atom. The molecule has 0 aliphatic rings. The number of aliphatic carboxylic acids is 1. The van der Waals surface area contributed by atoms with Crippen molar-refractivity contribution in [3.8, 4) is 28.3 Å². The van der Waals surface area contributed by atoms with Gasteiger partial charge in [-0.1, -0.05) is 58.0 Å². The monoisotopic (exact) mass is 627 g/mol.